The van der Waals surface area contributed by atoms with E-state index in [0.717, 1.165) is 18.7 Å². The topological polar surface area (TPSA) is 174 Å². The van der Waals surface area contributed by atoms with Crippen molar-refractivity contribution in [1.29, 1.82) is 0 Å². The maximum atomic E-state index is 14.0. The van der Waals surface area contributed by atoms with E-state index in [9.17, 15) is 34.8 Å². The highest BCUT2D eigenvalue weighted by atomic mass is 16.5. The van der Waals surface area contributed by atoms with Crippen LogP contribution in [0.15, 0.2) is 23.0 Å². The quantitative estimate of drug-likeness (QED) is 0.321. The van der Waals surface area contributed by atoms with Crippen molar-refractivity contribution in [2.24, 2.45) is 29.4 Å². The monoisotopic (exact) mass is 581 g/mol. The van der Waals surface area contributed by atoms with Gasteiger partial charge in [-0.25, -0.2) is 0 Å². The smallest absolute Gasteiger partial charge is 0.255 e. The average Bonchev–Trinajstić information content (AvgIpc) is 3.32. The Labute approximate surface area is 244 Å². The minimum atomic E-state index is -2.66. The molecule has 42 heavy (non-hydrogen) atoms. The lowest BCUT2D eigenvalue weighted by Crippen LogP contribution is -2.65. The van der Waals surface area contributed by atoms with Gasteiger partial charge in [0, 0.05) is 42.3 Å². The number of hydrogen-bond acceptors (Lipinski definition) is 10. The van der Waals surface area contributed by atoms with Crippen molar-refractivity contribution in [2.45, 2.75) is 56.7 Å². The first-order valence-corrected chi connectivity index (χ1v) is 14.7. The second-order valence-corrected chi connectivity index (χ2v) is 12.9. The number of nitrogens with zero attached hydrogens (tertiary/aromatic N) is 2. The van der Waals surface area contributed by atoms with Gasteiger partial charge in [-0.15, -0.1) is 0 Å². The third kappa shape index (κ3) is 4.00. The number of carbonyl (C=O) groups excluding carboxylic acids is 3. The number of benzene rings is 1. The summed E-state index contributed by atoms with van der Waals surface area (Å²) in [5.74, 6) is -4.76. The van der Waals surface area contributed by atoms with Gasteiger partial charge in [0.05, 0.1) is 18.7 Å². The van der Waals surface area contributed by atoms with Gasteiger partial charge in [0.15, 0.2) is 11.4 Å². The summed E-state index contributed by atoms with van der Waals surface area (Å²) < 4.78 is 5.88. The second-order valence-electron chi connectivity index (χ2n) is 12.9. The van der Waals surface area contributed by atoms with E-state index in [-0.39, 0.29) is 29.7 Å². The van der Waals surface area contributed by atoms with E-state index < -0.39 is 58.0 Å². The predicted molar refractivity (Wildman–Crippen MR) is 152 cm³/mol. The van der Waals surface area contributed by atoms with E-state index in [1.54, 1.807) is 20.2 Å². The number of aromatic hydroxyl groups is 1. The summed E-state index contributed by atoms with van der Waals surface area (Å²) in [5.41, 5.74) is 3.11. The summed E-state index contributed by atoms with van der Waals surface area (Å²) in [7, 11) is 4.70. The Hall–Kier alpha value is -3.41. The molecule has 5 aliphatic rings. The van der Waals surface area contributed by atoms with Crippen molar-refractivity contribution in [3.8, 4) is 11.5 Å². The molecule has 6 N–H and O–H groups in total. The van der Waals surface area contributed by atoms with Gasteiger partial charge in [-0.05, 0) is 63.6 Å². The van der Waals surface area contributed by atoms with Crippen molar-refractivity contribution >= 4 is 23.2 Å². The van der Waals surface area contributed by atoms with E-state index in [1.807, 2.05) is 0 Å². The van der Waals surface area contributed by atoms with Crippen LogP contribution in [0, 0.1) is 23.7 Å². The van der Waals surface area contributed by atoms with Crippen molar-refractivity contribution in [3.63, 3.8) is 0 Å². The number of nitrogens with two attached hydrogens (primary N) is 1. The molecule has 0 bridgehead atoms. The molecule has 1 aromatic rings. The van der Waals surface area contributed by atoms with Gasteiger partial charge in [-0.1, -0.05) is 12.8 Å². The zero-order valence-electron chi connectivity index (χ0n) is 24.2. The molecule has 1 aliphatic heterocycles. The molecule has 6 rings (SSSR count). The number of likely N-dealkylation sites (tertiary alicyclic amines) is 1. The van der Waals surface area contributed by atoms with Gasteiger partial charge in [0.2, 0.25) is 5.78 Å². The number of primary amides is 1. The van der Waals surface area contributed by atoms with Gasteiger partial charge < -0.3 is 30.9 Å². The van der Waals surface area contributed by atoms with Crippen LogP contribution in [0.3, 0.4) is 0 Å². The molecule has 2 saturated carbocycles. The summed E-state index contributed by atoms with van der Waals surface area (Å²) >= 11 is 0. The number of aliphatic hydroxyl groups is 3. The van der Waals surface area contributed by atoms with Gasteiger partial charge in [0.25, 0.3) is 5.91 Å². The van der Waals surface area contributed by atoms with Crippen LogP contribution in [0.4, 0.5) is 0 Å². The van der Waals surface area contributed by atoms with E-state index in [1.165, 1.54) is 37.7 Å². The third-order valence-electron chi connectivity index (χ3n) is 10.4. The van der Waals surface area contributed by atoms with Crippen molar-refractivity contribution in [1.82, 2.24) is 9.80 Å². The number of likely N-dealkylation sites (N-methyl/N-ethyl adjacent to an activating group) is 1. The number of hydrogen-bond donors (Lipinski definition) is 5. The fourth-order valence-electron chi connectivity index (χ4n) is 8.60. The van der Waals surface area contributed by atoms with Crippen LogP contribution in [-0.2, 0) is 27.3 Å². The number of ketones is 2. The highest BCUT2D eigenvalue weighted by Crippen LogP contribution is 2.54. The van der Waals surface area contributed by atoms with Crippen LogP contribution in [0.1, 0.15) is 48.8 Å². The lowest BCUT2D eigenvalue weighted by Gasteiger charge is -2.50. The molecule has 0 radical (unpaired) electrons. The standard InChI is InChI=1S/C31H39N3O8/c1-33(2)24-19-9-16-8-18-22(25(36)21(16)28(38)31(19,41)29(39)23(26(24)37)30(32)40)20(35)10-17(27(18)42-3)13-34-11-14-6-4-5-7-15(14)12-34/h10,14-16,19,24,35-36,39,41H,4-9,11-13H2,1-3H3,(H2,32,40)/t14?,15?,16-,19-,24-,31-/m0/s1. The lowest BCUT2D eigenvalue weighted by molar-refractivity contribution is -0.153. The molecule has 1 saturated heterocycles. The van der Waals surface area contributed by atoms with Crippen molar-refractivity contribution in [2.75, 3.05) is 34.3 Å². The summed E-state index contributed by atoms with van der Waals surface area (Å²) in [6.45, 7) is 2.55. The summed E-state index contributed by atoms with van der Waals surface area (Å²) in [6.07, 6.45) is 5.24. The van der Waals surface area contributed by atoms with Gasteiger partial charge in [0.1, 0.15) is 28.6 Å². The van der Waals surface area contributed by atoms with E-state index in [2.05, 4.69) is 4.90 Å². The van der Waals surface area contributed by atoms with E-state index >= 15 is 0 Å². The zero-order valence-corrected chi connectivity index (χ0v) is 24.2. The second kappa shape index (κ2) is 10.1. The molecule has 2 unspecified atom stereocenters. The number of rotatable bonds is 5. The van der Waals surface area contributed by atoms with Gasteiger partial charge in [-0.2, -0.15) is 0 Å². The molecule has 226 valence electrons. The molecule has 11 nitrogen and oxygen atoms in total. The number of carbonyl (C=O) groups is 3. The first-order chi connectivity index (χ1) is 19.9. The Bertz CT molecular complexity index is 1430. The molecule has 11 heteroatoms. The Morgan fingerprint density at radius 1 is 1.14 bits per heavy atom. The predicted octanol–water partition coefficient (Wildman–Crippen LogP) is 1.59. The Morgan fingerprint density at radius 3 is 2.36 bits per heavy atom. The largest absolute Gasteiger partial charge is 0.508 e. The first kappa shape index (κ1) is 28.7. The zero-order chi connectivity index (χ0) is 30.2. The third-order valence-corrected chi connectivity index (χ3v) is 10.4. The molecular formula is C31H39N3O8. The first-order valence-electron chi connectivity index (χ1n) is 14.7. The normalized spacial score (nSPS) is 32.9. The van der Waals surface area contributed by atoms with Crippen LogP contribution in [0.25, 0.3) is 5.76 Å². The molecule has 1 amide bonds. The fourth-order valence-corrected chi connectivity index (χ4v) is 8.60. The van der Waals surface area contributed by atoms with Crippen molar-refractivity contribution in [3.05, 3.63) is 39.7 Å². The highest BCUT2D eigenvalue weighted by Gasteiger charge is 2.64. The SMILES string of the molecule is COc1c(CN2CC3CCCCC3C2)cc(O)c2c1C[C@H]1C[C@H]3[C@H](N(C)C)C(=O)C(C(N)=O)=C(O)[C@@]3(O)C(=O)C1=C2O. The lowest BCUT2D eigenvalue weighted by atomic mass is 9.57. The molecule has 6 atom stereocenters. The minimum Gasteiger partial charge on any atom is -0.508 e. The molecule has 0 aromatic heterocycles. The molecule has 1 aromatic carbocycles. The Balaban J connectivity index is 1.43. The van der Waals surface area contributed by atoms with Crippen LogP contribution < -0.4 is 10.5 Å². The van der Waals surface area contributed by atoms with Gasteiger partial charge in [-0.3, -0.25) is 24.2 Å². The average molecular weight is 582 g/mol. The minimum absolute atomic E-state index is 0.0371. The fraction of sp³-hybridized carbons (Fsp3) is 0.581. The number of amides is 1. The van der Waals surface area contributed by atoms with Gasteiger partial charge >= 0.3 is 0 Å². The summed E-state index contributed by atoms with van der Waals surface area (Å²) in [5, 5.41) is 45.4. The Morgan fingerprint density at radius 2 is 1.79 bits per heavy atom. The number of fused-ring (bicyclic) bond motifs is 4. The molecule has 4 aliphatic carbocycles. The van der Waals surface area contributed by atoms with E-state index in [4.69, 9.17) is 10.5 Å². The number of phenols is 1. The summed E-state index contributed by atoms with van der Waals surface area (Å²) in [6, 6.07) is 0.439. The van der Waals surface area contributed by atoms with E-state index in [0.29, 0.717) is 29.7 Å². The maximum absolute atomic E-state index is 14.0. The molecule has 3 fully saturated rings. The molecule has 0 spiro atoms. The summed E-state index contributed by atoms with van der Waals surface area (Å²) in [4.78, 5) is 43.3. The number of aliphatic hydroxyl groups excluding tert-OH is 2. The molecular weight excluding hydrogens is 542 g/mol. The number of methoxy groups -OCH3 is 1. The van der Waals surface area contributed by atoms with Crippen molar-refractivity contribution < 1.29 is 39.5 Å². The van der Waals surface area contributed by atoms with Crippen LogP contribution >= 0.6 is 0 Å². The maximum Gasteiger partial charge on any atom is 0.255 e. The van der Waals surface area contributed by atoms with Crippen LogP contribution in [0.5, 0.6) is 11.5 Å². The van der Waals surface area contributed by atoms with Crippen LogP contribution in [0.2, 0.25) is 0 Å². The van der Waals surface area contributed by atoms with Crippen LogP contribution in [-0.4, -0.2) is 93.6 Å². The Kier molecular flexibility index (Phi) is 6.90. The highest BCUT2D eigenvalue weighted by molar-refractivity contribution is 6.24. The number of ether oxygens (including phenoxy) is 1. The number of phenolic OH excluding ortho intramolecular Hbond substituents is 1. The molecule has 1 heterocycles. The number of Topliss-reactive ketones (excluding diaryl/α,β-unsaturated/α-hetero) is 2.